The van der Waals surface area contributed by atoms with Crippen molar-refractivity contribution >= 4 is 36.1 Å². The minimum atomic E-state index is -0.984. The standard InChI is InChI=1S/C20H25BClN3O4/c1-18(2,27)19(3,4)29-21-13-5-7-15(23-9-13)20(11-28-12-20)17(26)25-14-6-8-16(22)24-10-14/h5-10,21,27H,11-12H2,1-4H3,(H,25,26). The quantitative estimate of drug-likeness (QED) is 0.525. The second-order valence-corrected chi connectivity index (χ2v) is 8.70. The van der Waals surface area contributed by atoms with E-state index in [1.807, 2.05) is 26.0 Å². The fraction of sp³-hybridized carbons (Fsp3) is 0.450. The Hall–Kier alpha value is -2.00. The number of rotatable bonds is 7. The van der Waals surface area contributed by atoms with Crippen molar-refractivity contribution in [2.24, 2.45) is 0 Å². The average molecular weight is 418 g/mol. The van der Waals surface area contributed by atoms with E-state index in [1.54, 1.807) is 32.2 Å². The topological polar surface area (TPSA) is 93.6 Å². The SMILES string of the molecule is CC(C)(O)C(C)(C)OBc1ccc(C2(C(=O)Nc3ccc(Cl)nc3)COC2)nc1. The third-order valence-electron chi connectivity index (χ3n) is 5.50. The van der Waals surface area contributed by atoms with Crippen LogP contribution in [0.2, 0.25) is 5.15 Å². The van der Waals surface area contributed by atoms with Crippen molar-refractivity contribution < 1.29 is 19.3 Å². The summed E-state index contributed by atoms with van der Waals surface area (Å²) in [5.41, 5.74) is -0.503. The fourth-order valence-electron chi connectivity index (χ4n) is 2.64. The molecule has 0 saturated carbocycles. The van der Waals surface area contributed by atoms with Crippen molar-refractivity contribution in [1.82, 2.24) is 9.97 Å². The van der Waals surface area contributed by atoms with Crippen LogP contribution in [0.5, 0.6) is 0 Å². The molecule has 1 saturated heterocycles. The second kappa shape index (κ2) is 8.03. The van der Waals surface area contributed by atoms with Gasteiger partial charge in [0.15, 0.2) is 0 Å². The van der Waals surface area contributed by atoms with Gasteiger partial charge in [-0.2, -0.15) is 0 Å². The van der Waals surface area contributed by atoms with E-state index >= 15 is 0 Å². The molecule has 0 atom stereocenters. The third-order valence-corrected chi connectivity index (χ3v) is 5.73. The van der Waals surface area contributed by atoms with E-state index in [-0.39, 0.29) is 19.1 Å². The van der Waals surface area contributed by atoms with Crippen molar-refractivity contribution in [2.75, 3.05) is 18.5 Å². The van der Waals surface area contributed by atoms with Gasteiger partial charge in [-0.25, -0.2) is 4.98 Å². The molecule has 1 aliphatic rings. The summed E-state index contributed by atoms with van der Waals surface area (Å²) in [5.74, 6) is -0.201. The lowest BCUT2D eigenvalue weighted by Crippen LogP contribution is -2.56. The van der Waals surface area contributed by atoms with E-state index < -0.39 is 16.6 Å². The molecule has 1 amide bonds. The van der Waals surface area contributed by atoms with Gasteiger partial charge in [-0.15, -0.1) is 0 Å². The van der Waals surface area contributed by atoms with Gasteiger partial charge in [-0.3, -0.25) is 9.78 Å². The van der Waals surface area contributed by atoms with Crippen LogP contribution in [0, 0.1) is 0 Å². The van der Waals surface area contributed by atoms with E-state index in [9.17, 15) is 9.90 Å². The van der Waals surface area contributed by atoms with Gasteiger partial charge in [0.05, 0.1) is 42.0 Å². The molecule has 154 valence electrons. The number of hydrogen-bond donors (Lipinski definition) is 2. The minimum absolute atomic E-state index is 0.201. The number of anilines is 1. The maximum Gasteiger partial charge on any atom is 0.311 e. The maximum atomic E-state index is 12.9. The number of nitrogens with zero attached hydrogens (tertiary/aromatic N) is 2. The Balaban J connectivity index is 1.70. The van der Waals surface area contributed by atoms with Gasteiger partial charge in [-0.1, -0.05) is 17.7 Å². The highest BCUT2D eigenvalue weighted by atomic mass is 35.5. The van der Waals surface area contributed by atoms with Crippen LogP contribution >= 0.6 is 11.6 Å². The summed E-state index contributed by atoms with van der Waals surface area (Å²) in [6.07, 6.45) is 3.19. The summed E-state index contributed by atoms with van der Waals surface area (Å²) < 4.78 is 11.2. The monoisotopic (exact) mass is 417 g/mol. The van der Waals surface area contributed by atoms with Gasteiger partial charge in [0, 0.05) is 6.20 Å². The number of aromatic nitrogens is 2. The lowest BCUT2D eigenvalue weighted by atomic mass is 9.79. The van der Waals surface area contributed by atoms with Crippen LogP contribution in [-0.4, -0.2) is 52.9 Å². The highest BCUT2D eigenvalue weighted by molar-refractivity contribution is 6.46. The molecule has 0 bridgehead atoms. The summed E-state index contributed by atoms with van der Waals surface area (Å²) in [4.78, 5) is 21.4. The predicted molar refractivity (Wildman–Crippen MR) is 113 cm³/mol. The Bertz CT molecular complexity index is 863. The molecule has 3 heterocycles. The first-order chi connectivity index (χ1) is 13.5. The Morgan fingerprint density at radius 1 is 1.21 bits per heavy atom. The molecule has 0 aliphatic carbocycles. The molecule has 1 fully saturated rings. The van der Waals surface area contributed by atoms with Gasteiger partial charge < -0.3 is 19.8 Å². The number of aliphatic hydroxyl groups is 1. The number of ether oxygens (including phenoxy) is 1. The van der Waals surface area contributed by atoms with Crippen molar-refractivity contribution in [3.63, 3.8) is 0 Å². The van der Waals surface area contributed by atoms with Crippen LogP contribution in [0.15, 0.2) is 36.7 Å². The largest absolute Gasteiger partial charge is 0.427 e. The van der Waals surface area contributed by atoms with E-state index in [0.717, 1.165) is 5.46 Å². The molecule has 2 N–H and O–H groups in total. The second-order valence-electron chi connectivity index (χ2n) is 8.31. The molecule has 0 radical (unpaired) electrons. The van der Waals surface area contributed by atoms with E-state index in [2.05, 4.69) is 15.3 Å². The summed E-state index contributed by atoms with van der Waals surface area (Å²) in [5, 5.41) is 13.4. The Labute approximate surface area is 176 Å². The molecule has 0 aromatic carbocycles. The van der Waals surface area contributed by atoms with E-state index in [1.165, 1.54) is 6.20 Å². The molecular formula is C20H25BClN3O4. The van der Waals surface area contributed by atoms with Gasteiger partial charge >= 0.3 is 7.48 Å². The minimum Gasteiger partial charge on any atom is -0.427 e. The molecule has 2 aromatic rings. The normalized spacial score (nSPS) is 16.1. The predicted octanol–water partition coefficient (Wildman–Crippen LogP) is 1.58. The third kappa shape index (κ3) is 4.61. The number of hydrogen-bond acceptors (Lipinski definition) is 6. The Morgan fingerprint density at radius 3 is 2.41 bits per heavy atom. The molecule has 1 aliphatic heterocycles. The van der Waals surface area contributed by atoms with Crippen molar-refractivity contribution in [3.8, 4) is 0 Å². The Morgan fingerprint density at radius 2 is 1.93 bits per heavy atom. The summed E-state index contributed by atoms with van der Waals surface area (Å²) in [6, 6.07) is 7.00. The lowest BCUT2D eigenvalue weighted by molar-refractivity contribution is -0.140. The van der Waals surface area contributed by atoms with Crippen LogP contribution in [0.1, 0.15) is 33.4 Å². The van der Waals surface area contributed by atoms with Crippen LogP contribution < -0.4 is 10.8 Å². The number of halogens is 1. The molecular weight excluding hydrogens is 393 g/mol. The van der Waals surface area contributed by atoms with Crippen molar-refractivity contribution in [2.45, 2.75) is 44.3 Å². The number of carbonyl (C=O) groups excluding carboxylic acids is 1. The zero-order chi connectivity index (χ0) is 21.3. The molecule has 2 aromatic heterocycles. The summed E-state index contributed by atoms with van der Waals surface area (Å²) in [7, 11) is 0.302. The zero-order valence-electron chi connectivity index (χ0n) is 17.0. The number of nitrogens with one attached hydrogen (secondary N) is 1. The van der Waals surface area contributed by atoms with Gasteiger partial charge in [0.1, 0.15) is 10.6 Å². The van der Waals surface area contributed by atoms with Crippen LogP contribution in [-0.2, 0) is 19.6 Å². The first-order valence-corrected chi connectivity index (χ1v) is 9.74. The highest BCUT2D eigenvalue weighted by Crippen LogP contribution is 2.32. The van der Waals surface area contributed by atoms with Crippen LogP contribution in [0.25, 0.3) is 0 Å². The Kier molecular flexibility index (Phi) is 6.01. The summed E-state index contributed by atoms with van der Waals surface area (Å²) >= 11 is 5.79. The highest BCUT2D eigenvalue weighted by Gasteiger charge is 2.49. The molecule has 7 nitrogen and oxygen atoms in total. The van der Waals surface area contributed by atoms with Gasteiger partial charge in [0.25, 0.3) is 0 Å². The average Bonchev–Trinajstić information content (AvgIpc) is 2.61. The molecule has 0 unspecified atom stereocenters. The van der Waals surface area contributed by atoms with Crippen molar-refractivity contribution in [1.29, 1.82) is 0 Å². The molecule has 29 heavy (non-hydrogen) atoms. The maximum absolute atomic E-state index is 12.9. The smallest absolute Gasteiger partial charge is 0.311 e. The lowest BCUT2D eigenvalue weighted by Gasteiger charge is -2.39. The van der Waals surface area contributed by atoms with Crippen LogP contribution in [0.4, 0.5) is 5.69 Å². The van der Waals surface area contributed by atoms with E-state index in [0.29, 0.717) is 24.0 Å². The fourth-order valence-corrected chi connectivity index (χ4v) is 2.75. The number of pyridine rings is 2. The molecule has 3 rings (SSSR count). The summed E-state index contributed by atoms with van der Waals surface area (Å²) in [6.45, 7) is 7.62. The number of amides is 1. The number of carbonyl (C=O) groups is 1. The van der Waals surface area contributed by atoms with Gasteiger partial charge in [-0.05, 0) is 51.4 Å². The molecule has 9 heteroatoms. The van der Waals surface area contributed by atoms with Gasteiger partial charge in [0.2, 0.25) is 5.91 Å². The first kappa shape index (κ1) is 21.7. The van der Waals surface area contributed by atoms with E-state index in [4.69, 9.17) is 21.0 Å². The first-order valence-electron chi connectivity index (χ1n) is 9.36. The molecule has 0 spiro atoms. The zero-order valence-corrected chi connectivity index (χ0v) is 17.8. The van der Waals surface area contributed by atoms with Crippen molar-refractivity contribution in [3.05, 3.63) is 47.5 Å². The van der Waals surface area contributed by atoms with Crippen LogP contribution in [0.3, 0.4) is 0 Å².